The van der Waals surface area contributed by atoms with E-state index in [0.29, 0.717) is 11.1 Å². The van der Waals surface area contributed by atoms with Gasteiger partial charge in [0.2, 0.25) is 0 Å². The molecule has 0 spiro atoms. The molecule has 0 saturated heterocycles. The summed E-state index contributed by atoms with van der Waals surface area (Å²) >= 11 is 0. The van der Waals surface area contributed by atoms with Crippen LogP contribution in [0.15, 0.2) is 48.7 Å². The molecule has 106 valence electrons. The van der Waals surface area contributed by atoms with Crippen molar-refractivity contribution in [3.05, 3.63) is 71.4 Å². The first-order chi connectivity index (χ1) is 10.1. The summed E-state index contributed by atoms with van der Waals surface area (Å²) in [5, 5.41) is 10.0. The predicted molar refractivity (Wildman–Crippen MR) is 74.4 cm³/mol. The molecule has 0 aliphatic carbocycles. The monoisotopic (exact) mass is 287 g/mol. The Morgan fingerprint density at radius 3 is 2.67 bits per heavy atom. The number of aromatic carboxylic acids is 1. The van der Waals surface area contributed by atoms with Crippen LogP contribution in [0.3, 0.4) is 0 Å². The van der Waals surface area contributed by atoms with E-state index in [2.05, 4.69) is 0 Å². The standard InChI is InChI=1S/C16H11F2NO2/c17-12-5-4-11(14(18)8-12)9-19-7-6-10-2-1-3-13(15(10)19)16(20)21/h1-8H,9H2,(H,20,21). The summed E-state index contributed by atoms with van der Waals surface area (Å²) in [6, 6.07) is 10.1. The van der Waals surface area contributed by atoms with Crippen molar-refractivity contribution in [3.8, 4) is 0 Å². The van der Waals surface area contributed by atoms with Crippen molar-refractivity contribution in [2.24, 2.45) is 0 Å². The van der Waals surface area contributed by atoms with E-state index in [4.69, 9.17) is 0 Å². The smallest absolute Gasteiger partial charge is 0.337 e. The average Bonchev–Trinajstić information content (AvgIpc) is 2.85. The van der Waals surface area contributed by atoms with Gasteiger partial charge in [-0.25, -0.2) is 13.6 Å². The summed E-state index contributed by atoms with van der Waals surface area (Å²) in [6.07, 6.45) is 1.69. The molecule has 0 bridgehead atoms. The van der Waals surface area contributed by atoms with E-state index in [1.807, 2.05) is 0 Å². The summed E-state index contributed by atoms with van der Waals surface area (Å²) in [6.45, 7) is 0.139. The Morgan fingerprint density at radius 1 is 1.14 bits per heavy atom. The Balaban J connectivity index is 2.11. The maximum Gasteiger partial charge on any atom is 0.337 e. The van der Waals surface area contributed by atoms with Crippen molar-refractivity contribution in [2.45, 2.75) is 6.54 Å². The highest BCUT2D eigenvalue weighted by atomic mass is 19.1. The summed E-state index contributed by atoms with van der Waals surface area (Å²) in [5.74, 6) is -2.33. The minimum absolute atomic E-state index is 0.139. The zero-order valence-electron chi connectivity index (χ0n) is 10.9. The van der Waals surface area contributed by atoms with Gasteiger partial charge in [-0.05, 0) is 18.2 Å². The Kier molecular flexibility index (Phi) is 3.17. The summed E-state index contributed by atoms with van der Waals surface area (Å²) < 4.78 is 28.3. The van der Waals surface area contributed by atoms with Crippen molar-refractivity contribution in [1.82, 2.24) is 4.57 Å². The number of carboxylic acid groups (broad SMARTS) is 1. The second kappa shape index (κ2) is 5.01. The van der Waals surface area contributed by atoms with E-state index in [1.165, 1.54) is 18.2 Å². The van der Waals surface area contributed by atoms with Crippen molar-refractivity contribution in [2.75, 3.05) is 0 Å². The minimum atomic E-state index is -1.04. The number of halogens is 2. The third-order valence-corrected chi connectivity index (χ3v) is 3.37. The first-order valence-corrected chi connectivity index (χ1v) is 6.31. The molecule has 0 atom stereocenters. The second-order valence-electron chi connectivity index (χ2n) is 4.73. The third-order valence-electron chi connectivity index (χ3n) is 3.37. The van der Waals surface area contributed by atoms with E-state index < -0.39 is 17.6 Å². The van der Waals surface area contributed by atoms with E-state index in [0.717, 1.165) is 11.5 Å². The van der Waals surface area contributed by atoms with Gasteiger partial charge < -0.3 is 9.67 Å². The second-order valence-corrected chi connectivity index (χ2v) is 4.73. The normalized spacial score (nSPS) is 11.0. The fraction of sp³-hybridized carbons (Fsp3) is 0.0625. The van der Waals surface area contributed by atoms with Crippen LogP contribution < -0.4 is 0 Å². The molecule has 0 saturated carbocycles. The lowest BCUT2D eigenvalue weighted by atomic mass is 10.1. The fourth-order valence-electron chi connectivity index (χ4n) is 2.40. The Labute approximate surface area is 119 Å². The lowest BCUT2D eigenvalue weighted by molar-refractivity contribution is 0.0698. The van der Waals surface area contributed by atoms with Gasteiger partial charge in [-0.1, -0.05) is 18.2 Å². The van der Waals surface area contributed by atoms with E-state index >= 15 is 0 Å². The molecule has 0 aliphatic rings. The Hall–Kier alpha value is -2.69. The molecule has 5 heteroatoms. The van der Waals surface area contributed by atoms with Crippen LogP contribution in [-0.4, -0.2) is 15.6 Å². The van der Waals surface area contributed by atoms with Crippen molar-refractivity contribution in [1.29, 1.82) is 0 Å². The SMILES string of the molecule is O=C(O)c1cccc2ccn(Cc3ccc(F)cc3F)c12. The molecule has 3 nitrogen and oxygen atoms in total. The van der Waals surface area contributed by atoms with Crippen LogP contribution in [0.4, 0.5) is 8.78 Å². The molecule has 3 rings (SSSR count). The number of hydrogen-bond donors (Lipinski definition) is 1. The molecule has 0 amide bonds. The van der Waals surface area contributed by atoms with Gasteiger partial charge in [0.25, 0.3) is 0 Å². The quantitative estimate of drug-likeness (QED) is 0.798. The first kappa shape index (κ1) is 13.3. The summed E-state index contributed by atoms with van der Waals surface area (Å²) in [5.41, 5.74) is 0.975. The molecule has 21 heavy (non-hydrogen) atoms. The molecule has 0 fully saturated rings. The highest BCUT2D eigenvalue weighted by Gasteiger charge is 2.13. The lowest BCUT2D eigenvalue weighted by Gasteiger charge is -2.09. The van der Waals surface area contributed by atoms with E-state index in [-0.39, 0.29) is 12.1 Å². The van der Waals surface area contributed by atoms with Crippen LogP contribution in [0.5, 0.6) is 0 Å². The molecule has 1 aromatic heterocycles. The lowest BCUT2D eigenvalue weighted by Crippen LogP contribution is -2.05. The number of aromatic nitrogens is 1. The van der Waals surface area contributed by atoms with Crippen LogP contribution in [0.1, 0.15) is 15.9 Å². The van der Waals surface area contributed by atoms with Gasteiger partial charge in [-0.2, -0.15) is 0 Å². The molecular formula is C16H11F2NO2. The van der Waals surface area contributed by atoms with Crippen LogP contribution >= 0.6 is 0 Å². The highest BCUT2D eigenvalue weighted by molar-refractivity contribution is 6.02. The Bertz CT molecular complexity index is 839. The third kappa shape index (κ3) is 2.38. The fourth-order valence-corrected chi connectivity index (χ4v) is 2.40. The number of carboxylic acids is 1. The van der Waals surface area contributed by atoms with Crippen LogP contribution in [0.25, 0.3) is 10.9 Å². The Morgan fingerprint density at radius 2 is 1.95 bits per heavy atom. The van der Waals surface area contributed by atoms with Crippen LogP contribution in [0, 0.1) is 11.6 Å². The van der Waals surface area contributed by atoms with Gasteiger partial charge in [0, 0.05) is 23.2 Å². The van der Waals surface area contributed by atoms with Gasteiger partial charge in [0.15, 0.2) is 0 Å². The van der Waals surface area contributed by atoms with Crippen LogP contribution in [-0.2, 0) is 6.54 Å². The molecule has 0 unspecified atom stereocenters. The molecule has 0 radical (unpaired) electrons. The number of carbonyl (C=O) groups is 1. The van der Waals surface area contributed by atoms with E-state index in [9.17, 15) is 18.7 Å². The summed E-state index contributed by atoms with van der Waals surface area (Å²) in [7, 11) is 0. The van der Waals surface area contributed by atoms with Gasteiger partial charge >= 0.3 is 5.97 Å². The van der Waals surface area contributed by atoms with Gasteiger partial charge in [0.1, 0.15) is 11.6 Å². The molecule has 1 N–H and O–H groups in total. The predicted octanol–water partition coefficient (Wildman–Crippen LogP) is 3.67. The molecular weight excluding hydrogens is 276 g/mol. The molecule has 2 aromatic carbocycles. The highest BCUT2D eigenvalue weighted by Crippen LogP contribution is 2.22. The van der Waals surface area contributed by atoms with Crippen molar-refractivity contribution >= 4 is 16.9 Å². The van der Waals surface area contributed by atoms with Gasteiger partial charge in [0.05, 0.1) is 17.6 Å². The van der Waals surface area contributed by atoms with Gasteiger partial charge in [-0.15, -0.1) is 0 Å². The zero-order chi connectivity index (χ0) is 15.0. The van der Waals surface area contributed by atoms with E-state index in [1.54, 1.807) is 29.0 Å². The van der Waals surface area contributed by atoms with Crippen molar-refractivity contribution in [3.63, 3.8) is 0 Å². The minimum Gasteiger partial charge on any atom is -0.478 e. The number of nitrogens with zero attached hydrogens (tertiary/aromatic N) is 1. The summed E-state index contributed by atoms with van der Waals surface area (Å²) in [4.78, 5) is 11.3. The molecule has 3 aromatic rings. The largest absolute Gasteiger partial charge is 0.478 e. The molecule has 1 heterocycles. The maximum atomic E-state index is 13.7. The van der Waals surface area contributed by atoms with Crippen molar-refractivity contribution < 1.29 is 18.7 Å². The average molecular weight is 287 g/mol. The number of hydrogen-bond acceptors (Lipinski definition) is 1. The zero-order valence-corrected chi connectivity index (χ0v) is 10.9. The number of rotatable bonds is 3. The van der Waals surface area contributed by atoms with Crippen LogP contribution in [0.2, 0.25) is 0 Å². The number of fused-ring (bicyclic) bond motifs is 1. The number of benzene rings is 2. The first-order valence-electron chi connectivity index (χ1n) is 6.31. The molecule has 0 aliphatic heterocycles. The van der Waals surface area contributed by atoms with Gasteiger partial charge in [-0.3, -0.25) is 0 Å². The maximum absolute atomic E-state index is 13.7. The topological polar surface area (TPSA) is 42.2 Å². The number of para-hydroxylation sites is 1.